The van der Waals surface area contributed by atoms with Crippen molar-refractivity contribution in [3.63, 3.8) is 0 Å². The minimum Gasteiger partial charge on any atom is -0.495 e. The van der Waals surface area contributed by atoms with E-state index in [0.29, 0.717) is 43.9 Å². The first-order valence-corrected chi connectivity index (χ1v) is 7.64. The third kappa shape index (κ3) is 2.88. The van der Waals surface area contributed by atoms with E-state index in [4.69, 9.17) is 9.47 Å². The fourth-order valence-electron chi connectivity index (χ4n) is 3.58. The number of carbonyl (C=O) groups excluding carboxylic acids is 1. The standard InChI is InChI=1S/C16H20N2O5/c1-22-12-6-11(7-17-8-12)14(19)18-9-13(15(20)21)16(10-18)2-4-23-5-3-16/h6-8,13H,2-5,9-10H2,1H3,(H,20,21). The molecule has 0 radical (unpaired) electrons. The Morgan fingerprint density at radius 2 is 2.13 bits per heavy atom. The highest BCUT2D eigenvalue weighted by molar-refractivity contribution is 5.95. The van der Waals surface area contributed by atoms with Gasteiger partial charge in [0.15, 0.2) is 0 Å². The second-order valence-electron chi connectivity index (χ2n) is 6.16. The normalized spacial score (nSPS) is 23.0. The van der Waals surface area contributed by atoms with E-state index in [0.717, 1.165) is 0 Å². The van der Waals surface area contributed by atoms with Gasteiger partial charge in [0.25, 0.3) is 5.91 Å². The van der Waals surface area contributed by atoms with Crippen LogP contribution in [-0.4, -0.2) is 60.3 Å². The Hall–Kier alpha value is -2.15. The number of carboxylic acids is 1. The van der Waals surface area contributed by atoms with Crippen LogP contribution in [0.2, 0.25) is 0 Å². The second-order valence-corrected chi connectivity index (χ2v) is 6.16. The number of nitrogens with zero attached hydrogens (tertiary/aromatic N) is 2. The highest BCUT2D eigenvalue weighted by atomic mass is 16.5. The molecule has 7 nitrogen and oxygen atoms in total. The van der Waals surface area contributed by atoms with Crippen LogP contribution in [-0.2, 0) is 9.53 Å². The number of carboxylic acid groups (broad SMARTS) is 1. The molecule has 3 heterocycles. The van der Waals surface area contributed by atoms with E-state index in [2.05, 4.69) is 4.98 Å². The van der Waals surface area contributed by atoms with Crippen LogP contribution in [0.25, 0.3) is 0 Å². The molecule has 23 heavy (non-hydrogen) atoms. The van der Waals surface area contributed by atoms with Gasteiger partial charge in [-0.2, -0.15) is 0 Å². The average molecular weight is 320 g/mol. The van der Waals surface area contributed by atoms with Crippen molar-refractivity contribution in [2.45, 2.75) is 12.8 Å². The maximum Gasteiger partial charge on any atom is 0.308 e. The highest BCUT2D eigenvalue weighted by Crippen LogP contribution is 2.44. The summed E-state index contributed by atoms with van der Waals surface area (Å²) in [6, 6.07) is 1.63. The molecule has 1 amide bonds. The van der Waals surface area contributed by atoms with Gasteiger partial charge in [-0.3, -0.25) is 14.6 Å². The molecule has 1 spiro atoms. The van der Waals surface area contributed by atoms with Crippen molar-refractivity contribution in [1.82, 2.24) is 9.88 Å². The van der Waals surface area contributed by atoms with Gasteiger partial charge in [0, 0.05) is 37.9 Å². The second kappa shape index (κ2) is 6.16. The van der Waals surface area contributed by atoms with E-state index in [1.165, 1.54) is 19.5 Å². The summed E-state index contributed by atoms with van der Waals surface area (Å²) in [5.41, 5.74) is 0.0315. The summed E-state index contributed by atoms with van der Waals surface area (Å²) in [5, 5.41) is 9.57. The molecule has 0 aliphatic carbocycles. The first kappa shape index (κ1) is 15.7. The number of hydrogen-bond acceptors (Lipinski definition) is 5. The van der Waals surface area contributed by atoms with Crippen LogP contribution in [0.4, 0.5) is 0 Å². The van der Waals surface area contributed by atoms with Crippen LogP contribution in [0.3, 0.4) is 0 Å². The number of pyridine rings is 1. The monoisotopic (exact) mass is 320 g/mol. The minimum absolute atomic E-state index is 0.203. The highest BCUT2D eigenvalue weighted by Gasteiger charge is 2.52. The van der Waals surface area contributed by atoms with Gasteiger partial charge in [-0.1, -0.05) is 0 Å². The topological polar surface area (TPSA) is 89.0 Å². The zero-order chi connectivity index (χ0) is 16.4. The van der Waals surface area contributed by atoms with Crippen LogP contribution in [0, 0.1) is 11.3 Å². The molecule has 1 aromatic heterocycles. The van der Waals surface area contributed by atoms with Crippen molar-refractivity contribution in [2.24, 2.45) is 11.3 Å². The number of carbonyl (C=O) groups is 2. The Bertz CT molecular complexity index is 612. The third-order valence-electron chi connectivity index (χ3n) is 4.92. The number of aromatic nitrogens is 1. The summed E-state index contributed by atoms with van der Waals surface area (Å²) in [5.74, 6) is -1.09. The number of hydrogen-bond donors (Lipinski definition) is 1. The van der Waals surface area contributed by atoms with E-state index in [9.17, 15) is 14.7 Å². The number of ether oxygens (including phenoxy) is 2. The lowest BCUT2D eigenvalue weighted by atomic mass is 9.72. The lowest BCUT2D eigenvalue weighted by Crippen LogP contribution is -2.40. The fourth-order valence-corrected chi connectivity index (χ4v) is 3.58. The molecule has 2 aliphatic heterocycles. The molecule has 0 bridgehead atoms. The Morgan fingerprint density at radius 1 is 1.39 bits per heavy atom. The lowest BCUT2D eigenvalue weighted by Gasteiger charge is -2.36. The number of likely N-dealkylation sites (tertiary alicyclic amines) is 1. The Kier molecular flexibility index (Phi) is 4.21. The van der Waals surface area contributed by atoms with Crippen LogP contribution in [0.5, 0.6) is 5.75 Å². The molecule has 124 valence electrons. The van der Waals surface area contributed by atoms with Crippen molar-refractivity contribution in [3.05, 3.63) is 24.0 Å². The molecule has 1 N–H and O–H groups in total. The van der Waals surface area contributed by atoms with Gasteiger partial charge in [0.05, 0.1) is 24.8 Å². The minimum atomic E-state index is -0.842. The summed E-state index contributed by atoms with van der Waals surface area (Å²) in [6.07, 6.45) is 4.35. The van der Waals surface area contributed by atoms with Crippen LogP contribution in [0.15, 0.2) is 18.5 Å². The zero-order valence-electron chi connectivity index (χ0n) is 13.0. The van der Waals surface area contributed by atoms with E-state index in [1.807, 2.05) is 0 Å². The van der Waals surface area contributed by atoms with E-state index >= 15 is 0 Å². The number of aliphatic carboxylic acids is 1. The molecule has 3 rings (SSSR count). The summed E-state index contributed by atoms with van der Waals surface area (Å²) in [6.45, 7) is 1.77. The predicted octanol–water partition coefficient (Wildman–Crippen LogP) is 1.04. The van der Waals surface area contributed by atoms with Crippen LogP contribution >= 0.6 is 0 Å². The number of rotatable bonds is 3. The Labute approximate surface area is 134 Å². The predicted molar refractivity (Wildman–Crippen MR) is 80.3 cm³/mol. The molecule has 0 saturated carbocycles. The van der Waals surface area contributed by atoms with E-state index < -0.39 is 11.9 Å². The van der Waals surface area contributed by atoms with Crippen LogP contribution < -0.4 is 4.74 Å². The molecular weight excluding hydrogens is 300 g/mol. The van der Waals surface area contributed by atoms with Crippen molar-refractivity contribution >= 4 is 11.9 Å². The van der Waals surface area contributed by atoms with Crippen molar-refractivity contribution < 1.29 is 24.2 Å². The maximum absolute atomic E-state index is 12.7. The van der Waals surface area contributed by atoms with Gasteiger partial charge >= 0.3 is 5.97 Å². The molecular formula is C16H20N2O5. The molecule has 0 aromatic carbocycles. The average Bonchev–Trinajstić information content (AvgIpc) is 2.94. The Morgan fingerprint density at radius 3 is 2.78 bits per heavy atom. The van der Waals surface area contributed by atoms with Gasteiger partial charge in [-0.15, -0.1) is 0 Å². The number of amides is 1. The largest absolute Gasteiger partial charge is 0.495 e. The summed E-state index contributed by atoms with van der Waals surface area (Å²) in [7, 11) is 1.51. The number of methoxy groups -OCH3 is 1. The van der Waals surface area contributed by atoms with Gasteiger partial charge < -0.3 is 19.5 Å². The third-order valence-corrected chi connectivity index (χ3v) is 4.92. The molecule has 2 fully saturated rings. The van der Waals surface area contributed by atoms with Crippen molar-refractivity contribution in [3.8, 4) is 5.75 Å². The summed E-state index contributed by atoms with van der Waals surface area (Å²) in [4.78, 5) is 30.0. The molecule has 1 aromatic rings. The van der Waals surface area contributed by atoms with Gasteiger partial charge in [0.1, 0.15) is 5.75 Å². The molecule has 7 heteroatoms. The summed E-state index contributed by atoms with van der Waals surface area (Å²) >= 11 is 0. The smallest absolute Gasteiger partial charge is 0.308 e. The maximum atomic E-state index is 12.7. The quantitative estimate of drug-likeness (QED) is 0.895. The van der Waals surface area contributed by atoms with Crippen LogP contribution in [0.1, 0.15) is 23.2 Å². The lowest BCUT2D eigenvalue weighted by molar-refractivity contribution is -0.146. The molecule has 1 unspecified atom stereocenters. The molecule has 2 saturated heterocycles. The zero-order valence-corrected chi connectivity index (χ0v) is 13.0. The molecule has 1 atom stereocenters. The van der Waals surface area contributed by atoms with Gasteiger partial charge in [-0.25, -0.2) is 0 Å². The van der Waals surface area contributed by atoms with E-state index in [1.54, 1.807) is 11.0 Å². The SMILES string of the molecule is COc1cncc(C(=O)N2CC(C(=O)O)C3(CCOCC3)C2)c1. The fraction of sp³-hybridized carbons (Fsp3) is 0.562. The first-order valence-electron chi connectivity index (χ1n) is 7.64. The van der Waals surface area contributed by atoms with Gasteiger partial charge in [-0.05, 0) is 18.9 Å². The van der Waals surface area contributed by atoms with Crippen molar-refractivity contribution in [2.75, 3.05) is 33.4 Å². The first-order chi connectivity index (χ1) is 11.1. The Balaban J connectivity index is 1.83. The molecule has 2 aliphatic rings. The summed E-state index contributed by atoms with van der Waals surface area (Å²) < 4.78 is 10.5. The van der Waals surface area contributed by atoms with E-state index in [-0.39, 0.29) is 17.9 Å². The van der Waals surface area contributed by atoms with Gasteiger partial charge in [0.2, 0.25) is 0 Å². The van der Waals surface area contributed by atoms with Crippen molar-refractivity contribution in [1.29, 1.82) is 0 Å².